The highest BCUT2D eigenvalue weighted by atomic mass is 32.2. The van der Waals surface area contributed by atoms with Crippen LogP contribution in [0.3, 0.4) is 0 Å². The number of amides is 2. The number of aryl methyl sites for hydroxylation is 1. The van der Waals surface area contributed by atoms with Crippen LogP contribution in [0.1, 0.15) is 41.6 Å². The van der Waals surface area contributed by atoms with E-state index in [-0.39, 0.29) is 47.7 Å². The van der Waals surface area contributed by atoms with Gasteiger partial charge in [0.1, 0.15) is 10.7 Å². The molecule has 2 amide bonds. The molecule has 36 heavy (non-hydrogen) atoms. The van der Waals surface area contributed by atoms with Crippen LogP contribution >= 0.6 is 0 Å². The molecule has 0 aliphatic carbocycles. The van der Waals surface area contributed by atoms with Gasteiger partial charge in [0.15, 0.2) is 0 Å². The molecule has 3 aromatic rings. The number of sulfonamides is 1. The van der Waals surface area contributed by atoms with Crippen molar-refractivity contribution in [2.24, 2.45) is 0 Å². The van der Waals surface area contributed by atoms with Gasteiger partial charge in [0.25, 0.3) is 0 Å². The fraction of sp³-hybridized carbons (Fsp3) is 0.259. The number of hydrogen-bond donors (Lipinski definition) is 2. The van der Waals surface area contributed by atoms with Gasteiger partial charge in [0, 0.05) is 26.4 Å². The highest BCUT2D eigenvalue weighted by molar-refractivity contribution is 7.89. The first-order valence-corrected chi connectivity index (χ1v) is 13.1. The molecule has 0 saturated carbocycles. The van der Waals surface area contributed by atoms with E-state index in [2.05, 4.69) is 10.6 Å². The van der Waals surface area contributed by atoms with Crippen molar-refractivity contribution in [2.45, 2.75) is 44.2 Å². The van der Waals surface area contributed by atoms with Crippen LogP contribution in [0.2, 0.25) is 0 Å². The van der Waals surface area contributed by atoms with Crippen LogP contribution in [0, 0.1) is 12.7 Å². The predicted octanol–water partition coefficient (Wildman–Crippen LogP) is 4.09. The zero-order chi connectivity index (χ0) is 25.9. The Morgan fingerprint density at radius 3 is 2.50 bits per heavy atom. The van der Waals surface area contributed by atoms with Crippen molar-refractivity contribution in [3.63, 3.8) is 0 Å². The molecule has 0 unspecified atom stereocenters. The molecule has 7 nitrogen and oxygen atoms in total. The molecule has 0 aromatic heterocycles. The van der Waals surface area contributed by atoms with E-state index < -0.39 is 16.1 Å². The second-order valence-corrected chi connectivity index (χ2v) is 10.7. The highest BCUT2D eigenvalue weighted by Crippen LogP contribution is 2.38. The van der Waals surface area contributed by atoms with E-state index in [1.54, 1.807) is 31.2 Å². The van der Waals surface area contributed by atoms with Crippen molar-refractivity contribution in [3.05, 3.63) is 94.8 Å². The zero-order valence-electron chi connectivity index (χ0n) is 20.1. The Labute approximate surface area is 210 Å². The van der Waals surface area contributed by atoms with Gasteiger partial charge >= 0.3 is 0 Å². The minimum Gasteiger partial charge on any atom is -0.352 e. The van der Waals surface area contributed by atoms with Gasteiger partial charge in [0.05, 0.1) is 11.7 Å². The minimum atomic E-state index is -4.07. The van der Waals surface area contributed by atoms with E-state index in [9.17, 15) is 22.4 Å². The number of carbonyl (C=O) groups is 2. The maximum absolute atomic E-state index is 14.0. The molecule has 0 bridgehead atoms. The predicted molar refractivity (Wildman–Crippen MR) is 135 cm³/mol. The van der Waals surface area contributed by atoms with E-state index in [0.717, 1.165) is 22.3 Å². The van der Waals surface area contributed by atoms with E-state index in [1.807, 2.05) is 24.3 Å². The number of nitrogens with zero attached hydrogens (tertiary/aromatic N) is 1. The molecule has 1 heterocycles. The zero-order valence-corrected chi connectivity index (χ0v) is 20.9. The number of fused-ring (bicyclic) bond motifs is 1. The first-order valence-electron chi connectivity index (χ1n) is 11.6. The molecule has 0 fully saturated rings. The normalized spacial score (nSPS) is 15.7. The van der Waals surface area contributed by atoms with Gasteiger partial charge in [-0.1, -0.05) is 42.5 Å². The van der Waals surface area contributed by atoms with Crippen molar-refractivity contribution >= 4 is 27.5 Å². The number of anilines is 1. The summed E-state index contributed by atoms with van der Waals surface area (Å²) in [6, 6.07) is 17.4. The van der Waals surface area contributed by atoms with Crippen LogP contribution in [0.4, 0.5) is 10.1 Å². The van der Waals surface area contributed by atoms with Gasteiger partial charge in [-0.3, -0.25) is 9.59 Å². The molecule has 4 rings (SSSR count). The Morgan fingerprint density at radius 2 is 1.78 bits per heavy atom. The molecule has 188 valence electrons. The number of benzene rings is 3. The maximum Gasteiger partial charge on any atom is 0.245 e. The molecule has 9 heteroatoms. The SMILES string of the molecule is CC(=O)Nc1ccc(C)cc1S(=O)(=O)N1CCc2ccccc2[C@H]1CC(=O)NCc1ccc(F)cc1. The summed E-state index contributed by atoms with van der Waals surface area (Å²) in [5, 5.41) is 5.43. The Hall–Kier alpha value is -3.56. The summed E-state index contributed by atoms with van der Waals surface area (Å²) in [7, 11) is -4.07. The number of carbonyl (C=O) groups excluding carboxylic acids is 2. The van der Waals surface area contributed by atoms with Gasteiger partial charge in [0.2, 0.25) is 21.8 Å². The third-order valence-corrected chi connectivity index (χ3v) is 8.13. The Kier molecular flexibility index (Phi) is 7.51. The molecule has 0 radical (unpaired) electrons. The van der Waals surface area contributed by atoms with E-state index in [0.29, 0.717) is 6.42 Å². The molecule has 0 saturated heterocycles. The van der Waals surface area contributed by atoms with Gasteiger partial charge in [-0.05, 0) is 59.9 Å². The molecule has 1 aliphatic heterocycles. The lowest BCUT2D eigenvalue weighted by Gasteiger charge is -2.36. The second-order valence-electron chi connectivity index (χ2n) is 8.87. The monoisotopic (exact) mass is 509 g/mol. The lowest BCUT2D eigenvalue weighted by molar-refractivity contribution is -0.122. The third-order valence-electron chi connectivity index (χ3n) is 6.18. The molecule has 0 spiro atoms. The summed E-state index contributed by atoms with van der Waals surface area (Å²) in [4.78, 5) is 24.7. The Bertz CT molecular complexity index is 1390. The summed E-state index contributed by atoms with van der Waals surface area (Å²) in [5.41, 5.74) is 3.43. The summed E-state index contributed by atoms with van der Waals surface area (Å²) >= 11 is 0. The van der Waals surface area contributed by atoms with Gasteiger partial charge in [-0.15, -0.1) is 0 Å². The number of halogens is 1. The maximum atomic E-state index is 14.0. The van der Waals surface area contributed by atoms with Crippen molar-refractivity contribution < 1.29 is 22.4 Å². The largest absolute Gasteiger partial charge is 0.352 e. The lowest BCUT2D eigenvalue weighted by Crippen LogP contribution is -2.42. The van der Waals surface area contributed by atoms with Crippen LogP contribution < -0.4 is 10.6 Å². The topological polar surface area (TPSA) is 95.6 Å². The van der Waals surface area contributed by atoms with Crippen molar-refractivity contribution in [1.82, 2.24) is 9.62 Å². The van der Waals surface area contributed by atoms with E-state index in [4.69, 9.17) is 0 Å². The summed E-state index contributed by atoms with van der Waals surface area (Å²) in [6.45, 7) is 3.50. The van der Waals surface area contributed by atoms with Crippen LogP contribution in [-0.4, -0.2) is 31.1 Å². The van der Waals surface area contributed by atoms with Gasteiger partial charge in [-0.2, -0.15) is 4.31 Å². The molecule has 1 aliphatic rings. The van der Waals surface area contributed by atoms with Gasteiger partial charge in [-0.25, -0.2) is 12.8 Å². The van der Waals surface area contributed by atoms with E-state index in [1.165, 1.54) is 29.4 Å². The van der Waals surface area contributed by atoms with Crippen LogP contribution in [-0.2, 0) is 32.6 Å². The Morgan fingerprint density at radius 1 is 1.06 bits per heavy atom. The lowest BCUT2D eigenvalue weighted by atomic mass is 9.92. The van der Waals surface area contributed by atoms with Crippen LogP contribution in [0.15, 0.2) is 71.6 Å². The number of hydrogen-bond acceptors (Lipinski definition) is 4. The average Bonchev–Trinajstić information content (AvgIpc) is 2.84. The van der Waals surface area contributed by atoms with Gasteiger partial charge < -0.3 is 10.6 Å². The second kappa shape index (κ2) is 10.6. The molecule has 1 atom stereocenters. The summed E-state index contributed by atoms with van der Waals surface area (Å²) in [6.07, 6.45) is 0.420. The molecule has 3 aromatic carbocycles. The first-order chi connectivity index (χ1) is 17.1. The van der Waals surface area contributed by atoms with Crippen molar-refractivity contribution in [3.8, 4) is 0 Å². The van der Waals surface area contributed by atoms with Crippen molar-refractivity contribution in [1.29, 1.82) is 0 Å². The highest BCUT2D eigenvalue weighted by Gasteiger charge is 2.38. The quantitative estimate of drug-likeness (QED) is 0.502. The smallest absolute Gasteiger partial charge is 0.245 e. The number of rotatable bonds is 7. The summed E-state index contributed by atoms with van der Waals surface area (Å²) in [5.74, 6) is -1.07. The minimum absolute atomic E-state index is 0.00574. The van der Waals surface area contributed by atoms with E-state index >= 15 is 0 Å². The number of nitrogens with one attached hydrogen (secondary N) is 2. The molecular formula is C27H28FN3O4S. The average molecular weight is 510 g/mol. The third kappa shape index (κ3) is 5.63. The van der Waals surface area contributed by atoms with Crippen LogP contribution in [0.25, 0.3) is 0 Å². The fourth-order valence-electron chi connectivity index (χ4n) is 4.44. The standard InChI is InChI=1S/C27H28FN3O4S/c1-18-7-12-24(30-19(2)32)26(15-18)36(34,35)31-14-13-21-5-3-4-6-23(21)25(31)16-27(33)29-17-20-8-10-22(28)11-9-20/h3-12,15,25H,13-14,16-17H2,1-2H3,(H,29,33)(H,30,32)/t25-/m1/s1. The molecule has 2 N–H and O–H groups in total. The summed E-state index contributed by atoms with van der Waals surface area (Å²) < 4.78 is 42.5. The van der Waals surface area contributed by atoms with Crippen LogP contribution in [0.5, 0.6) is 0 Å². The van der Waals surface area contributed by atoms with Crippen molar-refractivity contribution in [2.75, 3.05) is 11.9 Å². The molecular weight excluding hydrogens is 481 g/mol. The Balaban J connectivity index is 1.65. The first kappa shape index (κ1) is 25.5. The fourth-order valence-corrected chi connectivity index (χ4v) is 6.28.